The normalized spacial score (nSPS) is 11.5. The third kappa shape index (κ3) is 6.05. The molecule has 1 atom stereocenters. The molecule has 0 saturated carbocycles. The number of nitrogens with one attached hydrogen (secondary N) is 1. The van der Waals surface area contributed by atoms with Crippen LogP contribution in [0.1, 0.15) is 18.4 Å². The summed E-state index contributed by atoms with van der Waals surface area (Å²) in [7, 11) is 4.72. The van der Waals surface area contributed by atoms with Crippen LogP contribution in [-0.2, 0) is 4.79 Å². The average Bonchev–Trinajstić information content (AvgIpc) is 3.35. The minimum Gasteiger partial charge on any atom is -0.495 e. The van der Waals surface area contributed by atoms with Crippen LogP contribution in [0.2, 0.25) is 0 Å². The number of nitrogens with zero attached hydrogens (tertiary/aromatic N) is 2. The maximum Gasteiger partial charge on any atom is 0.282 e. The number of hydrogen-bond donors (Lipinski definition) is 4. The molecule has 0 radical (unpaired) electrons. The molecule has 0 saturated heterocycles. The van der Waals surface area contributed by atoms with Gasteiger partial charge in [-0.25, -0.2) is 0 Å². The molecule has 36 heavy (non-hydrogen) atoms. The smallest absolute Gasteiger partial charge is 0.282 e. The molecule has 1 heterocycles. The van der Waals surface area contributed by atoms with Gasteiger partial charge in [-0.15, -0.1) is 0 Å². The summed E-state index contributed by atoms with van der Waals surface area (Å²) in [6.07, 6.45) is 2.72. The average molecular weight is 498 g/mol. The van der Waals surface area contributed by atoms with Crippen LogP contribution in [0.5, 0.6) is 17.2 Å². The molecule has 0 aliphatic rings. The second-order valence-corrected chi connectivity index (χ2v) is 8.16. The van der Waals surface area contributed by atoms with E-state index in [0.29, 0.717) is 48.0 Å². The fraction of sp³-hybridized carbons (Fsp3) is 0.320. The number of nitrogens with two attached hydrogens (primary N) is 2. The van der Waals surface area contributed by atoms with Gasteiger partial charge in [-0.05, 0) is 48.7 Å². The Hall–Kier alpha value is -4.25. The van der Waals surface area contributed by atoms with Gasteiger partial charge in [0.25, 0.3) is 5.91 Å². The van der Waals surface area contributed by atoms with Crippen molar-refractivity contribution in [1.82, 2.24) is 5.16 Å². The zero-order chi connectivity index (χ0) is 26.2. The van der Waals surface area contributed by atoms with Crippen LogP contribution in [0.25, 0.3) is 22.4 Å². The van der Waals surface area contributed by atoms with Gasteiger partial charge in [0.15, 0.2) is 23.5 Å². The summed E-state index contributed by atoms with van der Waals surface area (Å²) < 4.78 is 21.7. The van der Waals surface area contributed by atoms with Gasteiger partial charge in [0.2, 0.25) is 0 Å². The maximum atomic E-state index is 12.8. The monoisotopic (exact) mass is 497 g/mol. The molecule has 2 aromatic carbocycles. The molecule has 8 N–H and O–H groups in total. The Kier molecular flexibility index (Phi) is 8.74. The number of aromatic nitrogens is 1. The highest BCUT2D eigenvalue weighted by Crippen LogP contribution is 2.40. The van der Waals surface area contributed by atoms with Gasteiger partial charge in [-0.1, -0.05) is 11.2 Å². The van der Waals surface area contributed by atoms with Crippen LogP contribution in [0.15, 0.2) is 46.1 Å². The van der Waals surface area contributed by atoms with Gasteiger partial charge in [0.1, 0.15) is 17.7 Å². The number of methoxy groups -OCH3 is 3. The second kappa shape index (κ2) is 11.9. The largest absolute Gasteiger partial charge is 0.495 e. The van der Waals surface area contributed by atoms with Crippen LogP contribution >= 0.6 is 0 Å². The number of hydrogen-bond acceptors (Lipinski definition) is 7. The minimum atomic E-state index is -0.492. The molecule has 1 aromatic heterocycles. The summed E-state index contributed by atoms with van der Waals surface area (Å²) >= 11 is 0. The van der Waals surface area contributed by atoms with Crippen LogP contribution in [0.3, 0.4) is 0 Å². The third-order valence-electron chi connectivity index (χ3n) is 5.65. The van der Waals surface area contributed by atoms with E-state index in [0.717, 1.165) is 22.3 Å². The van der Waals surface area contributed by atoms with Crippen LogP contribution in [0.4, 0.5) is 5.69 Å². The summed E-state index contributed by atoms with van der Waals surface area (Å²) in [6.45, 7) is 2.37. The minimum absolute atomic E-state index is 0.0259. The summed E-state index contributed by atoms with van der Waals surface area (Å²) in [5, 5.41) is 7.14. The molecule has 0 bridgehead atoms. The van der Waals surface area contributed by atoms with Crippen molar-refractivity contribution < 1.29 is 29.3 Å². The Morgan fingerprint density at radius 2 is 1.86 bits per heavy atom. The van der Waals surface area contributed by atoms with E-state index in [9.17, 15) is 4.79 Å². The number of rotatable bonds is 11. The van der Waals surface area contributed by atoms with E-state index in [1.54, 1.807) is 33.7 Å². The number of quaternary nitrogens is 1. The van der Waals surface area contributed by atoms with Crippen molar-refractivity contribution in [2.24, 2.45) is 16.5 Å². The first-order chi connectivity index (χ1) is 17.3. The van der Waals surface area contributed by atoms with E-state index in [-0.39, 0.29) is 11.9 Å². The highest BCUT2D eigenvalue weighted by atomic mass is 16.5. The van der Waals surface area contributed by atoms with Gasteiger partial charge in [0, 0.05) is 24.1 Å². The predicted molar refractivity (Wildman–Crippen MR) is 137 cm³/mol. The zero-order valence-corrected chi connectivity index (χ0v) is 21.0. The predicted octanol–water partition coefficient (Wildman–Crippen LogP) is 1.95. The molecule has 1 amide bonds. The number of guanidine groups is 1. The molecule has 0 fully saturated rings. The number of benzene rings is 2. The lowest BCUT2D eigenvalue weighted by Gasteiger charge is -2.14. The fourth-order valence-corrected chi connectivity index (χ4v) is 3.83. The molecule has 0 aliphatic heterocycles. The number of carbonyl (C=O) groups is 1. The van der Waals surface area contributed by atoms with E-state index >= 15 is 0 Å². The van der Waals surface area contributed by atoms with E-state index < -0.39 is 6.04 Å². The number of amides is 1. The van der Waals surface area contributed by atoms with E-state index in [4.69, 9.17) is 30.2 Å². The van der Waals surface area contributed by atoms with Gasteiger partial charge in [-0.3, -0.25) is 9.79 Å². The highest BCUT2D eigenvalue weighted by molar-refractivity contribution is 5.96. The number of aryl methyl sites for hydroxylation is 1. The molecule has 11 heteroatoms. The Morgan fingerprint density at radius 1 is 1.11 bits per heavy atom. The van der Waals surface area contributed by atoms with Gasteiger partial charge in [0.05, 0.1) is 27.0 Å². The van der Waals surface area contributed by atoms with E-state index in [1.165, 1.54) is 0 Å². The fourth-order valence-electron chi connectivity index (χ4n) is 3.83. The van der Waals surface area contributed by atoms with Gasteiger partial charge < -0.3 is 41.3 Å². The molecular weight excluding hydrogens is 464 g/mol. The second-order valence-electron chi connectivity index (χ2n) is 8.16. The SMILES string of the molecule is COc1ccc(-c2conc2-c2cc(C)c(OC)c(OC)c2)cc1NC(=O)C([NH3+])CCCN=C(N)N. The lowest BCUT2D eigenvalue weighted by Crippen LogP contribution is -2.66. The number of aliphatic imine (C=N–C) groups is 1. The maximum absolute atomic E-state index is 12.8. The number of anilines is 1. The van der Waals surface area contributed by atoms with Gasteiger partial charge >= 0.3 is 0 Å². The van der Waals surface area contributed by atoms with E-state index in [2.05, 4.69) is 21.2 Å². The molecule has 1 unspecified atom stereocenters. The molecule has 0 aliphatic carbocycles. The summed E-state index contributed by atoms with van der Waals surface area (Å²) in [6, 6.07) is 8.76. The zero-order valence-electron chi connectivity index (χ0n) is 21.0. The van der Waals surface area contributed by atoms with Crippen LogP contribution in [-0.4, -0.2) is 50.9 Å². The van der Waals surface area contributed by atoms with Crippen molar-refractivity contribution in [3.05, 3.63) is 42.2 Å². The molecule has 0 spiro atoms. The molecule has 3 aromatic rings. The molecular formula is C25H33N6O5+. The lowest BCUT2D eigenvalue weighted by molar-refractivity contribution is -0.403. The first-order valence-electron chi connectivity index (χ1n) is 11.3. The Balaban J connectivity index is 1.88. The first kappa shape index (κ1) is 26.4. The standard InChI is InChI=1S/C25H32N6O5/c1-14-10-16(12-21(34-3)23(14)35-4)22-17(13-36-31-22)15-7-8-20(33-2)19(11-15)30-24(32)18(26)6-5-9-29-25(27)28/h7-8,10-13,18H,5-6,9,26H2,1-4H3,(H,30,32)(H4,27,28,29)/p+1. The van der Waals surface area contributed by atoms with Gasteiger partial charge in [-0.2, -0.15) is 0 Å². The van der Waals surface area contributed by atoms with Crippen molar-refractivity contribution in [2.45, 2.75) is 25.8 Å². The van der Waals surface area contributed by atoms with Crippen LogP contribution in [0, 0.1) is 6.92 Å². The van der Waals surface area contributed by atoms with Crippen LogP contribution < -0.4 is 36.7 Å². The Morgan fingerprint density at radius 3 is 2.53 bits per heavy atom. The van der Waals surface area contributed by atoms with E-state index in [1.807, 2.05) is 31.2 Å². The summed E-state index contributed by atoms with van der Waals surface area (Å²) in [5.74, 6) is 1.54. The van der Waals surface area contributed by atoms with Crippen molar-refractivity contribution in [1.29, 1.82) is 0 Å². The lowest BCUT2D eigenvalue weighted by atomic mass is 9.99. The Labute approximate surface area is 209 Å². The van der Waals surface area contributed by atoms with Crippen molar-refractivity contribution >= 4 is 17.6 Å². The molecule has 11 nitrogen and oxygen atoms in total. The topological polar surface area (TPSA) is 175 Å². The first-order valence-corrected chi connectivity index (χ1v) is 11.3. The third-order valence-corrected chi connectivity index (χ3v) is 5.65. The highest BCUT2D eigenvalue weighted by Gasteiger charge is 2.21. The van der Waals surface area contributed by atoms with Crippen molar-refractivity contribution in [3.8, 4) is 39.6 Å². The quantitative estimate of drug-likeness (QED) is 0.176. The number of carbonyl (C=O) groups excluding carboxylic acids is 1. The Bertz CT molecular complexity index is 1240. The number of ether oxygens (including phenoxy) is 3. The molecule has 3 rings (SSSR count). The van der Waals surface area contributed by atoms with Crippen molar-refractivity contribution in [2.75, 3.05) is 33.2 Å². The van der Waals surface area contributed by atoms with Crippen molar-refractivity contribution in [3.63, 3.8) is 0 Å². The summed E-state index contributed by atoms with van der Waals surface area (Å²) in [5.41, 5.74) is 19.0. The summed E-state index contributed by atoms with van der Waals surface area (Å²) in [4.78, 5) is 16.7. The molecule has 192 valence electrons.